The smallest absolute Gasteiger partial charge is 0.226 e. The highest BCUT2D eigenvalue weighted by Gasteiger charge is 2.21. The Kier molecular flexibility index (Phi) is 9.35. The van der Waals surface area contributed by atoms with Crippen molar-refractivity contribution in [3.8, 4) is 11.5 Å². The van der Waals surface area contributed by atoms with E-state index in [1.54, 1.807) is 25.4 Å². The van der Waals surface area contributed by atoms with E-state index in [9.17, 15) is 4.39 Å². The van der Waals surface area contributed by atoms with Crippen molar-refractivity contribution >= 4 is 29.9 Å². The summed E-state index contributed by atoms with van der Waals surface area (Å²) >= 11 is 0. The molecule has 1 aliphatic heterocycles. The van der Waals surface area contributed by atoms with E-state index >= 15 is 0 Å². The van der Waals surface area contributed by atoms with Gasteiger partial charge < -0.3 is 20.0 Å². The van der Waals surface area contributed by atoms with E-state index in [1.807, 2.05) is 0 Å². The molecule has 1 aliphatic rings. The summed E-state index contributed by atoms with van der Waals surface area (Å²) < 4.78 is 18.5. The fourth-order valence-electron chi connectivity index (χ4n) is 3.40. The van der Waals surface area contributed by atoms with Crippen LogP contribution < -0.4 is 10.6 Å². The van der Waals surface area contributed by atoms with Crippen LogP contribution in [0.1, 0.15) is 32.4 Å². The van der Waals surface area contributed by atoms with Crippen molar-refractivity contribution in [1.82, 2.24) is 20.5 Å². The Morgan fingerprint density at radius 2 is 1.97 bits per heavy atom. The number of oxazole rings is 1. The molecule has 0 unspecified atom stereocenters. The zero-order chi connectivity index (χ0) is 19.9. The standard InChI is InChI=1S/C21H30FN5O.HI/c1-15(2)27-12-9-18(10-13-27)26-21(23-3)24-11-8-19-14-28-20(25-19)16-4-6-17(22)7-5-16;/h4-7,14-15,18H,8-13H2,1-3H3,(H2,23,24,26);1H. The highest BCUT2D eigenvalue weighted by molar-refractivity contribution is 14.0. The van der Waals surface area contributed by atoms with Crippen molar-refractivity contribution in [3.63, 3.8) is 0 Å². The van der Waals surface area contributed by atoms with Gasteiger partial charge in [-0.25, -0.2) is 9.37 Å². The third-order valence-electron chi connectivity index (χ3n) is 5.14. The molecule has 160 valence electrons. The highest BCUT2D eigenvalue weighted by Crippen LogP contribution is 2.19. The molecule has 0 atom stereocenters. The number of halogens is 2. The van der Waals surface area contributed by atoms with Crippen LogP contribution in [0.15, 0.2) is 39.9 Å². The van der Waals surface area contributed by atoms with Gasteiger partial charge in [0.15, 0.2) is 5.96 Å². The Bertz CT molecular complexity index is 770. The predicted octanol–water partition coefficient (Wildman–Crippen LogP) is 3.68. The van der Waals surface area contributed by atoms with Crippen LogP contribution in [0.3, 0.4) is 0 Å². The Hall–Kier alpha value is -1.68. The van der Waals surface area contributed by atoms with Crippen LogP contribution in [-0.4, -0.2) is 54.6 Å². The fourth-order valence-corrected chi connectivity index (χ4v) is 3.40. The maximum Gasteiger partial charge on any atom is 0.226 e. The first-order valence-electron chi connectivity index (χ1n) is 9.96. The Morgan fingerprint density at radius 3 is 2.59 bits per heavy atom. The van der Waals surface area contributed by atoms with E-state index in [1.165, 1.54) is 12.1 Å². The highest BCUT2D eigenvalue weighted by atomic mass is 127. The van der Waals surface area contributed by atoms with Crippen LogP contribution >= 0.6 is 24.0 Å². The lowest BCUT2D eigenvalue weighted by atomic mass is 10.0. The Morgan fingerprint density at radius 1 is 1.28 bits per heavy atom. The average molecular weight is 515 g/mol. The molecule has 6 nitrogen and oxygen atoms in total. The molecule has 0 saturated carbocycles. The van der Waals surface area contributed by atoms with Crippen LogP contribution in [0.25, 0.3) is 11.5 Å². The molecule has 0 spiro atoms. The van der Waals surface area contributed by atoms with Gasteiger partial charge in [-0.15, -0.1) is 24.0 Å². The topological polar surface area (TPSA) is 65.7 Å². The molecule has 29 heavy (non-hydrogen) atoms. The van der Waals surface area contributed by atoms with E-state index < -0.39 is 0 Å². The minimum atomic E-state index is -0.270. The van der Waals surface area contributed by atoms with Gasteiger partial charge >= 0.3 is 0 Å². The first-order chi connectivity index (χ1) is 13.5. The zero-order valence-electron chi connectivity index (χ0n) is 17.3. The third kappa shape index (κ3) is 6.95. The summed E-state index contributed by atoms with van der Waals surface area (Å²) in [6.07, 6.45) is 4.63. The molecule has 3 rings (SSSR count). The third-order valence-corrected chi connectivity index (χ3v) is 5.14. The monoisotopic (exact) mass is 515 g/mol. The summed E-state index contributed by atoms with van der Waals surface area (Å²) in [6.45, 7) is 7.45. The number of nitrogens with zero attached hydrogens (tertiary/aromatic N) is 3. The van der Waals surface area contributed by atoms with Gasteiger partial charge in [-0.1, -0.05) is 0 Å². The lowest BCUT2D eigenvalue weighted by Crippen LogP contribution is -2.50. The van der Waals surface area contributed by atoms with Gasteiger partial charge in [0.25, 0.3) is 0 Å². The molecule has 0 radical (unpaired) electrons. The SMILES string of the molecule is CN=C(NCCc1coc(-c2ccc(F)cc2)n1)NC1CCN(C(C)C)CC1.I. The molecule has 2 heterocycles. The molecule has 2 aromatic rings. The number of guanidine groups is 1. The molecular formula is C21H31FIN5O. The Labute approximate surface area is 189 Å². The largest absolute Gasteiger partial charge is 0.444 e. The van der Waals surface area contributed by atoms with E-state index in [4.69, 9.17) is 4.42 Å². The molecule has 1 saturated heterocycles. The molecule has 2 N–H and O–H groups in total. The summed E-state index contributed by atoms with van der Waals surface area (Å²) in [4.78, 5) is 11.3. The number of nitrogens with one attached hydrogen (secondary N) is 2. The number of likely N-dealkylation sites (tertiary alicyclic amines) is 1. The van der Waals surface area contributed by atoms with Crippen molar-refractivity contribution in [1.29, 1.82) is 0 Å². The van der Waals surface area contributed by atoms with Gasteiger partial charge in [0.05, 0.1) is 5.69 Å². The minimum Gasteiger partial charge on any atom is -0.444 e. The number of benzene rings is 1. The van der Waals surface area contributed by atoms with Gasteiger partial charge in [-0.2, -0.15) is 0 Å². The second kappa shape index (κ2) is 11.5. The number of aromatic nitrogens is 1. The minimum absolute atomic E-state index is 0. The summed E-state index contributed by atoms with van der Waals surface area (Å²) in [5, 5.41) is 6.87. The average Bonchev–Trinajstić information content (AvgIpc) is 3.17. The summed E-state index contributed by atoms with van der Waals surface area (Å²) in [7, 11) is 1.79. The van der Waals surface area contributed by atoms with Gasteiger partial charge in [0.1, 0.15) is 12.1 Å². The second-order valence-electron chi connectivity index (χ2n) is 7.45. The van der Waals surface area contributed by atoms with Gasteiger partial charge in [0.2, 0.25) is 5.89 Å². The number of aliphatic imine (C=N–C) groups is 1. The van der Waals surface area contributed by atoms with E-state index in [2.05, 4.69) is 39.4 Å². The quantitative estimate of drug-likeness (QED) is 0.349. The zero-order valence-corrected chi connectivity index (χ0v) is 19.7. The van der Waals surface area contributed by atoms with Crippen molar-refractivity contribution in [2.45, 2.75) is 45.2 Å². The van der Waals surface area contributed by atoms with Crippen LogP contribution in [0, 0.1) is 5.82 Å². The molecular weight excluding hydrogens is 484 g/mol. The van der Waals surface area contributed by atoms with Crippen molar-refractivity contribution in [2.24, 2.45) is 4.99 Å². The maximum absolute atomic E-state index is 13.0. The van der Waals surface area contributed by atoms with Crippen LogP contribution in [0.2, 0.25) is 0 Å². The first-order valence-corrected chi connectivity index (χ1v) is 9.96. The van der Waals surface area contributed by atoms with Crippen LogP contribution in [0.5, 0.6) is 0 Å². The molecule has 0 bridgehead atoms. The lowest BCUT2D eigenvalue weighted by molar-refractivity contribution is 0.167. The summed E-state index contributed by atoms with van der Waals surface area (Å²) in [5.74, 6) is 1.06. The van der Waals surface area contributed by atoms with Crippen molar-refractivity contribution < 1.29 is 8.81 Å². The molecule has 1 aromatic carbocycles. The molecule has 8 heteroatoms. The van der Waals surface area contributed by atoms with Crippen LogP contribution in [0.4, 0.5) is 4.39 Å². The van der Waals surface area contributed by atoms with Crippen molar-refractivity contribution in [3.05, 3.63) is 42.0 Å². The molecule has 1 fully saturated rings. The van der Waals surface area contributed by atoms with Gasteiger partial charge in [-0.3, -0.25) is 4.99 Å². The van der Waals surface area contributed by atoms with Crippen LogP contribution in [-0.2, 0) is 6.42 Å². The Balaban J connectivity index is 0.00000300. The van der Waals surface area contributed by atoms with Gasteiger partial charge in [-0.05, 0) is 51.0 Å². The van der Waals surface area contributed by atoms with E-state index in [-0.39, 0.29) is 29.8 Å². The predicted molar refractivity (Wildman–Crippen MR) is 125 cm³/mol. The number of rotatable bonds is 6. The molecule has 1 aromatic heterocycles. The maximum atomic E-state index is 13.0. The first kappa shape index (κ1) is 23.6. The van der Waals surface area contributed by atoms with Crippen molar-refractivity contribution in [2.75, 3.05) is 26.7 Å². The summed E-state index contributed by atoms with van der Waals surface area (Å²) in [5.41, 5.74) is 1.62. The van der Waals surface area contributed by atoms with Gasteiger partial charge in [0, 0.05) is 50.7 Å². The normalized spacial score (nSPS) is 16.0. The molecule has 0 amide bonds. The van der Waals surface area contributed by atoms with E-state index in [0.717, 1.165) is 49.6 Å². The number of hydrogen-bond acceptors (Lipinski definition) is 4. The number of hydrogen-bond donors (Lipinski definition) is 2. The number of piperidine rings is 1. The summed E-state index contributed by atoms with van der Waals surface area (Å²) in [6, 6.07) is 7.21. The van der Waals surface area contributed by atoms with E-state index in [0.29, 0.717) is 24.5 Å². The lowest BCUT2D eigenvalue weighted by Gasteiger charge is -2.35. The fraction of sp³-hybridized carbons (Fsp3) is 0.524. The molecule has 0 aliphatic carbocycles. The second-order valence-corrected chi connectivity index (χ2v) is 7.45.